The van der Waals surface area contributed by atoms with E-state index in [1.165, 1.54) is 0 Å². The van der Waals surface area contributed by atoms with Gasteiger partial charge in [0.05, 0.1) is 7.11 Å². The smallest absolute Gasteiger partial charge is 0.251 e. The van der Waals surface area contributed by atoms with Crippen LogP contribution in [0.3, 0.4) is 0 Å². The first kappa shape index (κ1) is 29.7. The second-order valence-electron chi connectivity index (χ2n) is 5.12. The maximum absolute atomic E-state index is 13.2. The molecule has 0 amide bonds. The molecule has 22 heteroatoms. The predicted octanol–water partition coefficient (Wildman–Crippen LogP) is 4.86. The fourth-order valence-electron chi connectivity index (χ4n) is 1.36. The summed E-state index contributed by atoms with van der Waals surface area (Å²) in [5, 5.41) is 0. The molecule has 0 aliphatic carbocycles. The van der Waals surface area contributed by atoms with Crippen LogP contribution in [0.1, 0.15) is 0 Å². The average molecular weight is 530 g/mol. The van der Waals surface area contributed by atoms with Gasteiger partial charge in [-0.2, -0.15) is 87.2 Å². The van der Waals surface area contributed by atoms with E-state index >= 15 is 0 Å². The molecule has 0 spiro atoms. The molecule has 0 fully saturated rings. The highest BCUT2D eigenvalue weighted by atomic mass is 32.3. The standard InChI is InChI=1S/C9H3F17O4S/c1-29-31(27,28)30-9(25,26)7(20,21)5(16,17)3(12,13)2(10,11)4(14,15)6(18,19)8(22,23)24/h1H3. The summed E-state index contributed by atoms with van der Waals surface area (Å²) in [6.45, 7) is 0. The van der Waals surface area contributed by atoms with Crippen LogP contribution >= 0.6 is 0 Å². The molecular weight excluding hydrogens is 527 g/mol. The minimum Gasteiger partial charge on any atom is -0.251 e. The molecule has 188 valence electrons. The number of hydrogen-bond donors (Lipinski definition) is 0. The van der Waals surface area contributed by atoms with Gasteiger partial charge in [0.2, 0.25) is 0 Å². The summed E-state index contributed by atoms with van der Waals surface area (Å²) in [7, 11) is -6.68. The molecule has 0 aromatic carbocycles. The minimum atomic E-state index is -8.83. The molecular formula is C9H3F17O4S. The first-order chi connectivity index (χ1) is 13.0. The van der Waals surface area contributed by atoms with Crippen LogP contribution in [0.2, 0.25) is 0 Å². The molecule has 0 bridgehead atoms. The van der Waals surface area contributed by atoms with Gasteiger partial charge in [-0.25, -0.2) is 0 Å². The first-order valence-electron chi connectivity index (χ1n) is 6.24. The Morgan fingerprint density at radius 3 is 1.00 bits per heavy atom. The van der Waals surface area contributed by atoms with Crippen molar-refractivity contribution < 1.29 is 91.4 Å². The quantitative estimate of drug-likeness (QED) is 0.400. The highest BCUT2D eigenvalue weighted by Gasteiger charge is 2.95. The summed E-state index contributed by atoms with van der Waals surface area (Å²) < 4.78 is 244. The third-order valence-corrected chi connectivity index (χ3v) is 3.93. The largest absolute Gasteiger partial charge is 0.460 e. The molecule has 0 aliphatic rings. The molecule has 0 saturated carbocycles. The van der Waals surface area contributed by atoms with Gasteiger partial charge in [0.15, 0.2) is 0 Å². The minimum absolute atomic E-state index is 0.190. The van der Waals surface area contributed by atoms with Crippen molar-refractivity contribution in [3.05, 3.63) is 0 Å². The second kappa shape index (κ2) is 7.35. The van der Waals surface area contributed by atoms with Crippen molar-refractivity contribution in [2.24, 2.45) is 0 Å². The Hall–Kier alpha value is -1.32. The molecule has 31 heavy (non-hydrogen) atoms. The molecule has 0 saturated heterocycles. The summed E-state index contributed by atoms with van der Waals surface area (Å²) in [6, 6.07) is 0. The van der Waals surface area contributed by atoms with E-state index in [0.717, 1.165) is 0 Å². The van der Waals surface area contributed by atoms with Crippen LogP contribution in [0.4, 0.5) is 74.6 Å². The highest BCUT2D eigenvalue weighted by molar-refractivity contribution is 7.81. The van der Waals surface area contributed by atoms with Crippen LogP contribution in [0.25, 0.3) is 0 Å². The van der Waals surface area contributed by atoms with Crippen molar-refractivity contribution in [2.75, 3.05) is 7.11 Å². The molecule has 0 rings (SSSR count). The first-order valence-corrected chi connectivity index (χ1v) is 7.58. The van der Waals surface area contributed by atoms with E-state index in [1.807, 2.05) is 4.18 Å². The molecule has 0 radical (unpaired) electrons. The SMILES string of the molecule is COS(=O)(=O)OC(F)(F)C(F)(F)C(F)(F)C(F)(F)C(F)(F)C(F)(F)C(F)(F)C(F)(F)F. The summed E-state index contributed by atoms with van der Waals surface area (Å²) in [5.74, 6) is -51.5. The van der Waals surface area contributed by atoms with Crippen molar-refractivity contribution in [1.82, 2.24) is 0 Å². The zero-order valence-electron chi connectivity index (χ0n) is 13.5. The van der Waals surface area contributed by atoms with Crippen molar-refractivity contribution >= 4 is 10.4 Å². The van der Waals surface area contributed by atoms with Gasteiger partial charge in [0.1, 0.15) is 0 Å². The zero-order valence-corrected chi connectivity index (χ0v) is 14.3. The van der Waals surface area contributed by atoms with E-state index in [2.05, 4.69) is 4.18 Å². The van der Waals surface area contributed by atoms with E-state index in [4.69, 9.17) is 0 Å². The Balaban J connectivity index is 6.76. The molecule has 0 aliphatic heterocycles. The maximum Gasteiger partial charge on any atom is 0.460 e. The Bertz CT molecular complexity index is 767. The monoisotopic (exact) mass is 530 g/mol. The van der Waals surface area contributed by atoms with E-state index in [0.29, 0.717) is 0 Å². The van der Waals surface area contributed by atoms with Crippen LogP contribution in [-0.4, -0.2) is 63.3 Å². The molecule has 0 atom stereocenters. The lowest BCUT2D eigenvalue weighted by atomic mass is 9.91. The van der Waals surface area contributed by atoms with Crippen LogP contribution in [-0.2, 0) is 18.8 Å². The van der Waals surface area contributed by atoms with E-state index in [9.17, 15) is 83.1 Å². The van der Waals surface area contributed by atoms with E-state index < -0.39 is 58.2 Å². The van der Waals surface area contributed by atoms with Crippen LogP contribution in [0.15, 0.2) is 0 Å². The van der Waals surface area contributed by atoms with E-state index in [1.54, 1.807) is 0 Å². The maximum atomic E-state index is 13.2. The van der Waals surface area contributed by atoms with Gasteiger partial charge in [-0.05, 0) is 0 Å². The van der Waals surface area contributed by atoms with Gasteiger partial charge < -0.3 is 0 Å². The topological polar surface area (TPSA) is 52.6 Å². The van der Waals surface area contributed by atoms with Crippen LogP contribution in [0, 0.1) is 0 Å². The lowest BCUT2D eigenvalue weighted by Gasteiger charge is -2.42. The van der Waals surface area contributed by atoms with Gasteiger partial charge in [0.25, 0.3) is 0 Å². The van der Waals surface area contributed by atoms with Crippen molar-refractivity contribution in [1.29, 1.82) is 0 Å². The number of alkyl halides is 17. The molecule has 0 aromatic rings. The summed E-state index contributed by atoms with van der Waals surface area (Å²) >= 11 is 0. The fourth-order valence-corrected chi connectivity index (χ4v) is 1.79. The number of hydrogen-bond acceptors (Lipinski definition) is 4. The Kier molecular flexibility index (Phi) is 7.04. The number of rotatable bonds is 9. The van der Waals surface area contributed by atoms with Crippen LogP contribution in [0.5, 0.6) is 0 Å². The third kappa shape index (κ3) is 4.09. The van der Waals surface area contributed by atoms with E-state index in [-0.39, 0.29) is 7.11 Å². The Morgan fingerprint density at radius 1 is 0.484 bits per heavy atom. The van der Waals surface area contributed by atoms with Crippen molar-refractivity contribution in [2.45, 2.75) is 47.8 Å². The third-order valence-electron chi connectivity index (χ3n) is 3.10. The normalized spacial score (nSPS) is 16.6. The van der Waals surface area contributed by atoms with Gasteiger partial charge in [-0.15, -0.1) is 0 Å². The summed E-state index contributed by atoms with van der Waals surface area (Å²) in [4.78, 5) is 0. The number of halogens is 17. The molecule has 0 aromatic heterocycles. The lowest BCUT2D eigenvalue weighted by Crippen LogP contribution is -2.74. The van der Waals surface area contributed by atoms with Gasteiger partial charge in [-0.3, -0.25) is 4.18 Å². The molecule has 0 heterocycles. The Labute approximate surface area is 158 Å². The summed E-state index contributed by atoms with van der Waals surface area (Å²) in [5.41, 5.74) is 0. The second-order valence-corrected chi connectivity index (χ2v) is 6.44. The average Bonchev–Trinajstić information content (AvgIpc) is 2.51. The molecule has 0 N–H and O–H groups in total. The molecule has 4 nitrogen and oxygen atoms in total. The van der Waals surface area contributed by atoms with Gasteiger partial charge in [0, 0.05) is 0 Å². The van der Waals surface area contributed by atoms with Crippen molar-refractivity contribution in [3.63, 3.8) is 0 Å². The predicted molar refractivity (Wildman–Crippen MR) is 57.7 cm³/mol. The van der Waals surface area contributed by atoms with Crippen molar-refractivity contribution in [3.8, 4) is 0 Å². The highest BCUT2D eigenvalue weighted by Crippen LogP contribution is 2.64. The van der Waals surface area contributed by atoms with Gasteiger partial charge >= 0.3 is 58.2 Å². The fraction of sp³-hybridized carbons (Fsp3) is 1.00. The Morgan fingerprint density at radius 2 is 0.742 bits per heavy atom. The van der Waals surface area contributed by atoms with Gasteiger partial charge in [-0.1, -0.05) is 0 Å². The summed E-state index contributed by atoms with van der Waals surface area (Å²) in [6.07, 6.45) is -15.4. The zero-order chi connectivity index (χ0) is 25.9. The molecule has 0 unspecified atom stereocenters. The van der Waals surface area contributed by atoms with Crippen LogP contribution < -0.4 is 0 Å². The lowest BCUT2D eigenvalue weighted by molar-refractivity contribution is -0.471.